The summed E-state index contributed by atoms with van der Waals surface area (Å²) in [6, 6.07) is 15.3. The van der Waals surface area contributed by atoms with Crippen LogP contribution in [0.2, 0.25) is 0 Å². The minimum absolute atomic E-state index is 0.163. The summed E-state index contributed by atoms with van der Waals surface area (Å²) < 4.78 is 11.0. The molecule has 0 aliphatic heterocycles. The Labute approximate surface area is 163 Å². The Hall–Kier alpha value is -2.73. The van der Waals surface area contributed by atoms with Crippen LogP contribution >= 0.6 is 11.8 Å². The number of anilines is 1. The van der Waals surface area contributed by atoms with Gasteiger partial charge in [0.2, 0.25) is 5.91 Å². The third-order valence-electron chi connectivity index (χ3n) is 4.18. The Morgan fingerprint density at radius 1 is 1.15 bits per heavy atom. The Morgan fingerprint density at radius 3 is 2.52 bits per heavy atom. The van der Waals surface area contributed by atoms with Crippen LogP contribution in [0.25, 0.3) is 0 Å². The minimum atomic E-state index is -0.506. The molecule has 0 saturated carbocycles. The molecule has 0 bridgehead atoms. The number of hydrogen-bond donors (Lipinski definition) is 1. The van der Waals surface area contributed by atoms with Crippen molar-refractivity contribution in [2.75, 3.05) is 12.4 Å². The largest absolute Gasteiger partial charge is 0.495 e. The van der Waals surface area contributed by atoms with Crippen molar-refractivity contribution in [3.63, 3.8) is 0 Å². The predicted molar refractivity (Wildman–Crippen MR) is 107 cm³/mol. The summed E-state index contributed by atoms with van der Waals surface area (Å²) in [6.07, 6.45) is 0. The average Bonchev–Trinajstić information content (AvgIpc) is 2.98. The number of aryl methyl sites for hydroxylation is 3. The van der Waals surface area contributed by atoms with Crippen molar-refractivity contribution in [3.05, 3.63) is 71.1 Å². The third-order valence-corrected chi connectivity index (χ3v) is 5.28. The van der Waals surface area contributed by atoms with Gasteiger partial charge in [0, 0.05) is 0 Å². The van der Waals surface area contributed by atoms with Crippen molar-refractivity contribution in [3.8, 4) is 5.75 Å². The van der Waals surface area contributed by atoms with E-state index in [9.17, 15) is 4.79 Å². The summed E-state index contributed by atoms with van der Waals surface area (Å²) in [6.45, 7) is 5.72. The zero-order valence-corrected chi connectivity index (χ0v) is 16.6. The second-order valence-corrected chi connectivity index (χ2v) is 7.28. The molecular weight excluding hydrogens is 360 g/mol. The molecule has 1 atom stereocenters. The molecule has 5 nitrogen and oxygen atoms in total. The van der Waals surface area contributed by atoms with E-state index in [1.807, 2.05) is 69.3 Å². The first-order valence-corrected chi connectivity index (χ1v) is 9.47. The van der Waals surface area contributed by atoms with E-state index in [-0.39, 0.29) is 5.91 Å². The number of rotatable bonds is 6. The van der Waals surface area contributed by atoms with Gasteiger partial charge in [-0.2, -0.15) is 0 Å². The van der Waals surface area contributed by atoms with Gasteiger partial charge in [-0.15, -0.1) is 0 Å². The molecule has 1 unspecified atom stereocenters. The van der Waals surface area contributed by atoms with Crippen molar-refractivity contribution in [1.82, 2.24) is 4.98 Å². The van der Waals surface area contributed by atoms with Crippen LogP contribution in [0, 0.1) is 20.8 Å². The second kappa shape index (κ2) is 8.31. The van der Waals surface area contributed by atoms with Gasteiger partial charge in [0.1, 0.15) is 16.8 Å². The van der Waals surface area contributed by atoms with Crippen LogP contribution in [0.5, 0.6) is 5.75 Å². The van der Waals surface area contributed by atoms with Crippen LogP contribution in [0.1, 0.15) is 27.8 Å². The van der Waals surface area contributed by atoms with Crippen LogP contribution in [-0.2, 0) is 4.79 Å². The molecule has 1 aromatic heterocycles. The van der Waals surface area contributed by atoms with Crippen molar-refractivity contribution in [1.29, 1.82) is 0 Å². The minimum Gasteiger partial charge on any atom is -0.495 e. The molecular formula is C21H22N2O3S. The Balaban J connectivity index is 1.90. The van der Waals surface area contributed by atoms with Gasteiger partial charge in [-0.05, 0) is 55.8 Å². The van der Waals surface area contributed by atoms with E-state index in [1.54, 1.807) is 7.11 Å². The predicted octanol–water partition coefficient (Wildman–Crippen LogP) is 5.08. The summed E-state index contributed by atoms with van der Waals surface area (Å²) in [5.41, 5.74) is 3.38. The van der Waals surface area contributed by atoms with E-state index in [0.29, 0.717) is 16.7 Å². The van der Waals surface area contributed by atoms with Gasteiger partial charge >= 0.3 is 0 Å². The van der Waals surface area contributed by atoms with E-state index < -0.39 is 5.25 Å². The van der Waals surface area contributed by atoms with Crippen molar-refractivity contribution in [2.45, 2.75) is 31.2 Å². The lowest BCUT2D eigenvalue weighted by Crippen LogP contribution is -2.19. The van der Waals surface area contributed by atoms with Crippen LogP contribution in [0.3, 0.4) is 0 Å². The number of oxazole rings is 1. The van der Waals surface area contributed by atoms with Gasteiger partial charge in [0.05, 0.1) is 18.5 Å². The molecule has 0 aliphatic carbocycles. The second-order valence-electron chi connectivity index (χ2n) is 6.22. The summed E-state index contributed by atoms with van der Waals surface area (Å²) in [7, 11) is 1.59. The standard InChI is InChI=1S/C21H22N2O3S/c1-13-10-11-18(25-4)17(12-13)23-20(24)19(16-8-6-5-7-9-16)27-21-22-14(2)15(3)26-21/h5-12,19H,1-4H3,(H,23,24). The van der Waals surface area contributed by atoms with Crippen molar-refractivity contribution >= 4 is 23.4 Å². The number of carbonyl (C=O) groups excluding carboxylic acids is 1. The first-order chi connectivity index (χ1) is 13.0. The van der Waals surface area contributed by atoms with Gasteiger partial charge in [-0.1, -0.05) is 36.4 Å². The number of thioether (sulfide) groups is 1. The number of amides is 1. The van der Waals surface area contributed by atoms with E-state index in [4.69, 9.17) is 9.15 Å². The molecule has 6 heteroatoms. The lowest BCUT2D eigenvalue weighted by molar-refractivity contribution is -0.115. The maximum atomic E-state index is 13.1. The zero-order chi connectivity index (χ0) is 19.4. The fourth-order valence-electron chi connectivity index (χ4n) is 2.61. The number of ether oxygens (including phenoxy) is 1. The summed E-state index contributed by atoms with van der Waals surface area (Å²) >= 11 is 1.29. The Bertz CT molecular complexity index is 918. The lowest BCUT2D eigenvalue weighted by atomic mass is 10.1. The quantitative estimate of drug-likeness (QED) is 0.602. The summed E-state index contributed by atoms with van der Waals surface area (Å²) in [4.78, 5) is 17.5. The average molecular weight is 382 g/mol. The first kappa shape index (κ1) is 19.0. The molecule has 0 aliphatic rings. The molecule has 0 fully saturated rings. The summed E-state index contributed by atoms with van der Waals surface area (Å²) in [5.74, 6) is 1.21. The van der Waals surface area contributed by atoms with Crippen LogP contribution < -0.4 is 10.1 Å². The smallest absolute Gasteiger partial charge is 0.257 e. The van der Waals surface area contributed by atoms with E-state index in [2.05, 4.69) is 10.3 Å². The highest BCUT2D eigenvalue weighted by molar-refractivity contribution is 8.00. The van der Waals surface area contributed by atoms with Gasteiger partial charge in [0.15, 0.2) is 0 Å². The SMILES string of the molecule is COc1ccc(C)cc1NC(=O)C(Sc1nc(C)c(C)o1)c1ccccc1. The molecule has 2 aromatic carbocycles. The van der Waals surface area contributed by atoms with Crippen LogP contribution in [-0.4, -0.2) is 18.0 Å². The molecule has 0 saturated heterocycles. The van der Waals surface area contributed by atoms with Gasteiger partial charge in [0.25, 0.3) is 5.22 Å². The van der Waals surface area contributed by atoms with E-state index in [0.717, 1.165) is 22.6 Å². The van der Waals surface area contributed by atoms with E-state index >= 15 is 0 Å². The van der Waals surface area contributed by atoms with Crippen LogP contribution in [0.4, 0.5) is 5.69 Å². The number of aromatic nitrogens is 1. The van der Waals surface area contributed by atoms with E-state index in [1.165, 1.54) is 11.8 Å². The molecule has 3 aromatic rings. The molecule has 27 heavy (non-hydrogen) atoms. The summed E-state index contributed by atoms with van der Waals surface area (Å²) in [5, 5.41) is 2.96. The number of nitrogens with zero attached hydrogens (tertiary/aromatic N) is 1. The first-order valence-electron chi connectivity index (χ1n) is 8.59. The van der Waals surface area contributed by atoms with Gasteiger partial charge in [-0.25, -0.2) is 4.98 Å². The molecule has 140 valence electrons. The number of methoxy groups -OCH3 is 1. The normalized spacial score (nSPS) is 11.9. The number of nitrogens with one attached hydrogen (secondary N) is 1. The fraction of sp³-hybridized carbons (Fsp3) is 0.238. The fourth-order valence-corrected chi connectivity index (χ4v) is 3.64. The topological polar surface area (TPSA) is 64.4 Å². The number of benzene rings is 2. The molecule has 1 N–H and O–H groups in total. The maximum Gasteiger partial charge on any atom is 0.257 e. The van der Waals surface area contributed by atoms with Crippen molar-refractivity contribution in [2.24, 2.45) is 0 Å². The maximum absolute atomic E-state index is 13.1. The van der Waals surface area contributed by atoms with Gasteiger partial charge in [-0.3, -0.25) is 4.79 Å². The van der Waals surface area contributed by atoms with Crippen LogP contribution in [0.15, 0.2) is 58.2 Å². The number of hydrogen-bond acceptors (Lipinski definition) is 5. The van der Waals surface area contributed by atoms with Gasteiger partial charge < -0.3 is 14.5 Å². The highest BCUT2D eigenvalue weighted by Crippen LogP contribution is 2.37. The molecule has 3 rings (SSSR count). The zero-order valence-electron chi connectivity index (χ0n) is 15.8. The van der Waals surface area contributed by atoms with Crippen molar-refractivity contribution < 1.29 is 13.9 Å². The third kappa shape index (κ3) is 4.52. The Kier molecular flexibility index (Phi) is 5.86. The molecule has 0 spiro atoms. The number of carbonyl (C=O) groups is 1. The molecule has 1 heterocycles. The molecule has 1 amide bonds. The lowest BCUT2D eigenvalue weighted by Gasteiger charge is -2.17. The highest BCUT2D eigenvalue weighted by Gasteiger charge is 2.25. The Morgan fingerprint density at radius 2 is 1.89 bits per heavy atom. The highest BCUT2D eigenvalue weighted by atomic mass is 32.2. The monoisotopic (exact) mass is 382 g/mol. The molecule has 0 radical (unpaired) electrons.